The van der Waals surface area contributed by atoms with Gasteiger partial charge in [-0.15, -0.1) is 0 Å². The van der Waals surface area contributed by atoms with Crippen molar-refractivity contribution in [1.29, 1.82) is 0 Å². The Balaban J connectivity index is 2.48. The topological polar surface area (TPSA) is 39.2 Å². The Hall–Kier alpha value is -1.13. The van der Waals surface area contributed by atoms with Gasteiger partial charge in [0.1, 0.15) is 0 Å². The maximum Gasteiger partial charge on any atom is 0.311 e. The summed E-state index contributed by atoms with van der Waals surface area (Å²) in [5.74, 6) is -0.329. The number of esters is 1. The van der Waals surface area contributed by atoms with Crippen molar-refractivity contribution in [3.05, 3.63) is 39.5 Å². The van der Waals surface area contributed by atoms with Crippen molar-refractivity contribution in [2.45, 2.75) is 6.42 Å². The Bertz CT molecular complexity index is 586. The number of hydrogen-bond acceptors (Lipinski definition) is 3. The van der Waals surface area contributed by atoms with Gasteiger partial charge < -0.3 is 4.74 Å². The fourth-order valence-corrected chi connectivity index (χ4v) is 2.16. The van der Waals surface area contributed by atoms with Crippen molar-refractivity contribution in [3.8, 4) is 0 Å². The molecule has 0 aliphatic carbocycles. The fourth-order valence-electron chi connectivity index (χ4n) is 1.52. The molecular weight excluding hydrogens is 305 g/mol. The van der Waals surface area contributed by atoms with Crippen molar-refractivity contribution >= 4 is 44.4 Å². The van der Waals surface area contributed by atoms with Crippen LogP contribution in [0, 0.1) is 0 Å². The number of methoxy groups -OCH3 is 1. The van der Waals surface area contributed by atoms with Crippen LogP contribution in [0.25, 0.3) is 10.9 Å². The number of hydrogen-bond donors (Lipinski definition) is 0. The highest BCUT2D eigenvalue weighted by Gasteiger charge is 2.08. The molecule has 1 heterocycles. The smallest absolute Gasteiger partial charge is 0.311 e. The number of carbonyl (C=O) groups excluding carboxylic acids is 1. The van der Waals surface area contributed by atoms with E-state index in [4.69, 9.17) is 11.6 Å². The van der Waals surface area contributed by atoms with Gasteiger partial charge in [0.25, 0.3) is 0 Å². The lowest BCUT2D eigenvalue weighted by Crippen LogP contribution is -2.06. The van der Waals surface area contributed by atoms with Crippen LogP contribution >= 0.6 is 27.5 Å². The molecule has 0 radical (unpaired) electrons. The van der Waals surface area contributed by atoms with Crippen LogP contribution in [0.5, 0.6) is 0 Å². The summed E-state index contributed by atoms with van der Waals surface area (Å²) in [7, 11) is 1.35. The molecule has 0 saturated carbocycles. The van der Waals surface area contributed by atoms with Crippen molar-refractivity contribution in [3.63, 3.8) is 0 Å². The van der Waals surface area contributed by atoms with Gasteiger partial charge in [-0.25, -0.2) is 0 Å². The number of aromatic nitrogens is 1. The molecule has 0 saturated heterocycles. The van der Waals surface area contributed by atoms with Crippen molar-refractivity contribution in [1.82, 2.24) is 4.98 Å². The molecule has 88 valence electrons. The van der Waals surface area contributed by atoms with E-state index in [-0.39, 0.29) is 12.4 Å². The van der Waals surface area contributed by atoms with Crippen molar-refractivity contribution in [2.75, 3.05) is 7.11 Å². The summed E-state index contributed by atoms with van der Waals surface area (Å²) in [5.41, 5.74) is 1.37. The summed E-state index contributed by atoms with van der Waals surface area (Å²) < 4.78 is 5.53. The Morgan fingerprint density at radius 3 is 2.94 bits per heavy atom. The number of ether oxygens (including phenoxy) is 1. The first-order valence-corrected chi connectivity index (χ1v) is 6.09. The molecule has 1 aromatic carbocycles. The lowest BCUT2D eigenvalue weighted by atomic mass is 10.2. The number of halogens is 2. The van der Waals surface area contributed by atoms with Gasteiger partial charge in [0.2, 0.25) is 0 Å². The summed E-state index contributed by atoms with van der Waals surface area (Å²) in [6.07, 6.45) is 0.127. The third kappa shape index (κ3) is 2.76. The molecule has 0 unspecified atom stereocenters. The molecule has 2 rings (SSSR count). The third-order valence-corrected chi connectivity index (χ3v) is 3.13. The predicted octanol–water partition coefficient (Wildman–Crippen LogP) is 3.37. The molecule has 0 atom stereocenters. The molecule has 2 aromatic rings. The molecule has 1 aromatic heterocycles. The summed E-state index contributed by atoms with van der Waals surface area (Å²) >= 11 is 9.52. The maximum atomic E-state index is 11.2. The summed E-state index contributed by atoms with van der Waals surface area (Å²) in [6.45, 7) is 0. The monoisotopic (exact) mass is 313 g/mol. The zero-order chi connectivity index (χ0) is 12.4. The van der Waals surface area contributed by atoms with Gasteiger partial charge in [0.05, 0.1) is 29.8 Å². The Kier molecular flexibility index (Phi) is 3.64. The third-order valence-electron chi connectivity index (χ3n) is 2.33. The molecule has 5 heteroatoms. The Morgan fingerprint density at radius 1 is 1.47 bits per heavy atom. The maximum absolute atomic E-state index is 11.2. The van der Waals surface area contributed by atoms with Crippen molar-refractivity contribution in [2.24, 2.45) is 0 Å². The number of rotatable bonds is 2. The van der Waals surface area contributed by atoms with Crippen molar-refractivity contribution < 1.29 is 9.53 Å². The molecule has 17 heavy (non-hydrogen) atoms. The number of pyridine rings is 1. The van der Waals surface area contributed by atoms with Gasteiger partial charge in [-0.1, -0.05) is 27.5 Å². The highest BCUT2D eigenvalue weighted by molar-refractivity contribution is 9.10. The zero-order valence-corrected chi connectivity index (χ0v) is 11.4. The van der Waals surface area contributed by atoms with Gasteiger partial charge >= 0.3 is 5.97 Å². The lowest BCUT2D eigenvalue weighted by molar-refractivity contribution is -0.139. The Morgan fingerprint density at radius 2 is 2.24 bits per heavy atom. The number of nitrogens with zero attached hydrogens (tertiary/aromatic N) is 1. The first-order chi connectivity index (χ1) is 8.10. The van der Waals surface area contributed by atoms with Crippen LogP contribution in [0.1, 0.15) is 5.69 Å². The quantitative estimate of drug-likeness (QED) is 0.798. The second-order valence-electron chi connectivity index (χ2n) is 3.51. The fraction of sp³-hybridized carbons (Fsp3) is 0.167. The van der Waals surface area contributed by atoms with E-state index >= 15 is 0 Å². The molecule has 0 bridgehead atoms. The lowest BCUT2D eigenvalue weighted by Gasteiger charge is -2.05. The normalized spacial score (nSPS) is 10.5. The predicted molar refractivity (Wildman–Crippen MR) is 70.2 cm³/mol. The van der Waals surface area contributed by atoms with Crippen LogP contribution in [0.2, 0.25) is 5.02 Å². The Labute approximate surface area is 112 Å². The van der Waals surface area contributed by atoms with E-state index in [2.05, 4.69) is 25.7 Å². The van der Waals surface area contributed by atoms with Gasteiger partial charge in [0, 0.05) is 9.86 Å². The van der Waals surface area contributed by atoms with Crippen LogP contribution < -0.4 is 0 Å². The van der Waals surface area contributed by atoms with Gasteiger partial charge in [-0.2, -0.15) is 0 Å². The van der Waals surface area contributed by atoms with E-state index in [9.17, 15) is 4.79 Å². The van der Waals surface area contributed by atoms with E-state index in [1.54, 1.807) is 6.07 Å². The van der Waals surface area contributed by atoms with E-state index in [0.29, 0.717) is 10.7 Å². The largest absolute Gasteiger partial charge is 0.469 e. The molecule has 0 aliphatic rings. The molecule has 0 aliphatic heterocycles. The molecule has 0 N–H and O–H groups in total. The van der Waals surface area contributed by atoms with Crippen LogP contribution in [0.4, 0.5) is 0 Å². The summed E-state index contributed by atoms with van der Waals surface area (Å²) in [6, 6.07) is 7.32. The first kappa shape index (κ1) is 12.3. The van der Waals surface area contributed by atoms with Crippen LogP contribution in [0.15, 0.2) is 28.7 Å². The second kappa shape index (κ2) is 5.02. The minimum absolute atomic E-state index is 0.127. The number of fused-ring (bicyclic) bond motifs is 1. The average molecular weight is 315 g/mol. The standard InChI is InChI=1S/C12H9BrClNO2/c1-17-12(16)6-8-5-10(14)9-4-7(13)2-3-11(9)15-8/h2-5H,6H2,1H3. The van der Waals surface area contributed by atoms with Gasteiger partial charge in [0.15, 0.2) is 0 Å². The zero-order valence-electron chi connectivity index (χ0n) is 9.04. The molecule has 0 spiro atoms. The molecular formula is C12H9BrClNO2. The van der Waals surface area contributed by atoms with E-state index in [1.165, 1.54) is 7.11 Å². The van der Waals surface area contributed by atoms with Gasteiger partial charge in [-0.05, 0) is 24.3 Å². The number of benzene rings is 1. The first-order valence-electron chi connectivity index (χ1n) is 4.91. The summed E-state index contributed by atoms with van der Waals surface area (Å²) in [4.78, 5) is 15.5. The summed E-state index contributed by atoms with van der Waals surface area (Å²) in [5, 5.41) is 1.44. The molecule has 0 fully saturated rings. The second-order valence-corrected chi connectivity index (χ2v) is 4.83. The van der Waals surface area contributed by atoms with E-state index in [1.807, 2.05) is 18.2 Å². The van der Waals surface area contributed by atoms with Gasteiger partial charge in [-0.3, -0.25) is 9.78 Å². The molecule has 3 nitrogen and oxygen atoms in total. The average Bonchev–Trinajstić information content (AvgIpc) is 2.30. The van der Waals surface area contributed by atoms with E-state index < -0.39 is 0 Å². The highest BCUT2D eigenvalue weighted by Crippen LogP contribution is 2.26. The van der Waals surface area contributed by atoms with Crippen LogP contribution in [0.3, 0.4) is 0 Å². The minimum atomic E-state index is -0.329. The minimum Gasteiger partial charge on any atom is -0.469 e. The molecule has 0 amide bonds. The number of carbonyl (C=O) groups is 1. The highest BCUT2D eigenvalue weighted by atomic mass is 79.9. The van der Waals surface area contributed by atoms with E-state index in [0.717, 1.165) is 15.4 Å². The SMILES string of the molecule is COC(=O)Cc1cc(Cl)c2cc(Br)ccc2n1. The van der Waals surface area contributed by atoms with Crippen LogP contribution in [-0.2, 0) is 16.0 Å². The van der Waals surface area contributed by atoms with Crippen LogP contribution in [-0.4, -0.2) is 18.1 Å².